The van der Waals surface area contributed by atoms with Crippen LogP contribution in [0.2, 0.25) is 0 Å². The lowest BCUT2D eigenvalue weighted by atomic mass is 10.2. The first-order chi connectivity index (χ1) is 10.1. The summed E-state index contributed by atoms with van der Waals surface area (Å²) in [5.74, 6) is 0.720. The molecule has 0 aliphatic heterocycles. The van der Waals surface area contributed by atoms with Crippen LogP contribution in [0.25, 0.3) is 11.0 Å². The Balaban J connectivity index is 2.15. The number of methoxy groups -OCH3 is 1. The Morgan fingerprint density at radius 1 is 1.19 bits per heavy atom. The topological polar surface area (TPSA) is 57.0 Å². The van der Waals surface area contributed by atoms with Crippen LogP contribution in [-0.2, 0) is 11.0 Å². The van der Waals surface area contributed by atoms with Crippen LogP contribution in [0.5, 0.6) is 5.75 Å². The molecule has 0 amide bonds. The van der Waals surface area contributed by atoms with Gasteiger partial charge in [-0.05, 0) is 26.0 Å². The van der Waals surface area contributed by atoms with Gasteiger partial charge in [-0.25, -0.2) is 18.1 Å². The Morgan fingerprint density at radius 2 is 1.95 bits per heavy atom. The predicted octanol–water partition coefficient (Wildman–Crippen LogP) is 2.63. The van der Waals surface area contributed by atoms with Gasteiger partial charge in [-0.2, -0.15) is 0 Å². The van der Waals surface area contributed by atoms with E-state index in [0.717, 1.165) is 27.9 Å². The van der Waals surface area contributed by atoms with E-state index < -0.39 is 11.0 Å². The summed E-state index contributed by atoms with van der Waals surface area (Å²) < 4.78 is 19.8. The quantitative estimate of drug-likeness (QED) is 0.746. The number of imidazole rings is 1. The summed E-state index contributed by atoms with van der Waals surface area (Å²) in [6, 6.07) is 7.58. The average Bonchev–Trinajstić information content (AvgIpc) is 2.91. The second-order valence-electron chi connectivity index (χ2n) is 4.71. The van der Waals surface area contributed by atoms with Gasteiger partial charge in [0.25, 0.3) is 0 Å². The van der Waals surface area contributed by atoms with E-state index in [0.29, 0.717) is 5.03 Å². The van der Waals surface area contributed by atoms with Gasteiger partial charge in [-0.15, -0.1) is 0 Å². The number of pyridine rings is 1. The fourth-order valence-electron chi connectivity index (χ4n) is 2.36. The van der Waals surface area contributed by atoms with Gasteiger partial charge in [0.15, 0.2) is 16.0 Å². The highest BCUT2D eigenvalue weighted by Crippen LogP contribution is 2.27. The van der Waals surface area contributed by atoms with Crippen LogP contribution in [0.4, 0.5) is 0 Å². The zero-order chi connectivity index (χ0) is 15.0. The SMILES string of the molecule is COc1c(C)cnc(S(=O)n2cnc3ccccc32)c1C. The zero-order valence-electron chi connectivity index (χ0n) is 12.0. The van der Waals surface area contributed by atoms with Crippen molar-refractivity contribution in [3.05, 3.63) is 47.9 Å². The standard InChI is InChI=1S/C15H15N3O2S/c1-10-8-16-15(11(2)14(10)20-3)21(19)18-9-17-12-6-4-5-7-13(12)18/h4-9H,1-3H3. The largest absolute Gasteiger partial charge is 0.496 e. The van der Waals surface area contributed by atoms with Gasteiger partial charge in [0.05, 0.1) is 18.1 Å². The first-order valence-corrected chi connectivity index (χ1v) is 7.58. The fourth-order valence-corrected chi connectivity index (χ4v) is 3.51. The molecule has 2 heterocycles. The smallest absolute Gasteiger partial charge is 0.177 e. The third kappa shape index (κ3) is 2.21. The highest BCUT2D eigenvalue weighted by atomic mass is 32.2. The summed E-state index contributed by atoms with van der Waals surface area (Å²) in [4.78, 5) is 8.59. The summed E-state index contributed by atoms with van der Waals surface area (Å²) in [5.41, 5.74) is 3.33. The summed E-state index contributed by atoms with van der Waals surface area (Å²) >= 11 is 0. The van der Waals surface area contributed by atoms with Gasteiger partial charge in [0.2, 0.25) is 0 Å². The molecule has 0 saturated heterocycles. The Morgan fingerprint density at radius 3 is 2.71 bits per heavy atom. The maximum atomic E-state index is 12.8. The van der Waals surface area contributed by atoms with Gasteiger partial charge in [0, 0.05) is 17.3 Å². The van der Waals surface area contributed by atoms with Crippen LogP contribution in [0.1, 0.15) is 11.1 Å². The van der Waals surface area contributed by atoms with Crippen molar-refractivity contribution in [2.75, 3.05) is 7.11 Å². The molecule has 0 saturated carbocycles. The fraction of sp³-hybridized carbons (Fsp3) is 0.200. The van der Waals surface area contributed by atoms with Crippen molar-refractivity contribution in [3.8, 4) is 5.75 Å². The lowest BCUT2D eigenvalue weighted by molar-refractivity contribution is 0.405. The minimum absolute atomic E-state index is 0.487. The first-order valence-electron chi connectivity index (χ1n) is 6.48. The summed E-state index contributed by atoms with van der Waals surface area (Å²) in [5, 5.41) is 0.487. The number of aromatic nitrogens is 3. The second kappa shape index (κ2) is 5.29. The van der Waals surface area contributed by atoms with Crippen molar-refractivity contribution in [2.24, 2.45) is 0 Å². The Labute approximate surface area is 125 Å². The lowest BCUT2D eigenvalue weighted by Crippen LogP contribution is -2.09. The van der Waals surface area contributed by atoms with E-state index in [4.69, 9.17) is 4.74 Å². The van der Waals surface area contributed by atoms with Gasteiger partial charge in [-0.3, -0.25) is 0 Å². The van der Waals surface area contributed by atoms with E-state index >= 15 is 0 Å². The van der Waals surface area contributed by atoms with E-state index in [1.54, 1.807) is 23.6 Å². The summed E-state index contributed by atoms with van der Waals surface area (Å²) in [6.45, 7) is 3.78. The minimum Gasteiger partial charge on any atom is -0.496 e. The number of hydrogen-bond donors (Lipinski definition) is 0. The van der Waals surface area contributed by atoms with Crippen molar-refractivity contribution in [3.63, 3.8) is 0 Å². The van der Waals surface area contributed by atoms with E-state index in [1.165, 1.54) is 0 Å². The van der Waals surface area contributed by atoms with Crippen molar-refractivity contribution >= 4 is 22.0 Å². The molecule has 0 N–H and O–H groups in total. The van der Waals surface area contributed by atoms with E-state index in [-0.39, 0.29) is 0 Å². The van der Waals surface area contributed by atoms with Crippen molar-refractivity contribution in [1.29, 1.82) is 0 Å². The summed E-state index contributed by atoms with van der Waals surface area (Å²) in [6.07, 6.45) is 3.26. The molecule has 0 aliphatic rings. The highest BCUT2D eigenvalue weighted by Gasteiger charge is 2.18. The number of hydrogen-bond acceptors (Lipinski definition) is 4. The predicted molar refractivity (Wildman–Crippen MR) is 81.8 cm³/mol. The van der Waals surface area contributed by atoms with Crippen LogP contribution in [0, 0.1) is 13.8 Å². The maximum absolute atomic E-state index is 12.8. The molecule has 1 atom stereocenters. The number of para-hydroxylation sites is 2. The molecular formula is C15H15N3O2S. The molecule has 108 valence electrons. The second-order valence-corrected chi connectivity index (χ2v) is 5.99. The normalized spacial score (nSPS) is 12.5. The number of aryl methyl sites for hydroxylation is 1. The molecule has 3 aromatic rings. The van der Waals surface area contributed by atoms with Crippen molar-refractivity contribution in [1.82, 2.24) is 13.9 Å². The van der Waals surface area contributed by atoms with Crippen molar-refractivity contribution in [2.45, 2.75) is 18.9 Å². The van der Waals surface area contributed by atoms with E-state index in [9.17, 15) is 4.21 Å². The number of ether oxygens (including phenoxy) is 1. The summed E-state index contributed by atoms with van der Waals surface area (Å²) in [7, 11) is 0.147. The average molecular weight is 301 g/mol. The zero-order valence-corrected chi connectivity index (χ0v) is 12.8. The van der Waals surface area contributed by atoms with E-state index in [2.05, 4.69) is 9.97 Å². The molecule has 0 radical (unpaired) electrons. The number of fused-ring (bicyclic) bond motifs is 1. The number of benzene rings is 1. The van der Waals surface area contributed by atoms with Crippen molar-refractivity contribution < 1.29 is 8.95 Å². The van der Waals surface area contributed by atoms with Gasteiger partial charge in [-0.1, -0.05) is 12.1 Å². The third-order valence-electron chi connectivity index (χ3n) is 3.36. The van der Waals surface area contributed by atoms with Gasteiger partial charge < -0.3 is 4.74 Å². The molecule has 3 rings (SSSR count). The number of rotatable bonds is 3. The Bertz CT molecular complexity index is 842. The lowest BCUT2D eigenvalue weighted by Gasteiger charge is -2.12. The molecule has 21 heavy (non-hydrogen) atoms. The van der Waals surface area contributed by atoms with Gasteiger partial charge in [0.1, 0.15) is 12.1 Å². The monoisotopic (exact) mass is 301 g/mol. The van der Waals surface area contributed by atoms with Gasteiger partial charge >= 0.3 is 0 Å². The van der Waals surface area contributed by atoms with Crippen LogP contribution in [0.15, 0.2) is 41.8 Å². The molecule has 0 spiro atoms. The van der Waals surface area contributed by atoms with Crippen LogP contribution >= 0.6 is 0 Å². The molecule has 1 aromatic carbocycles. The molecule has 1 unspecified atom stereocenters. The van der Waals surface area contributed by atoms with E-state index in [1.807, 2.05) is 38.1 Å². The molecular weight excluding hydrogens is 286 g/mol. The maximum Gasteiger partial charge on any atom is 0.177 e. The highest BCUT2D eigenvalue weighted by molar-refractivity contribution is 7.83. The van der Waals surface area contributed by atoms with Crippen LogP contribution in [-0.4, -0.2) is 25.3 Å². The Hall–Kier alpha value is -2.21. The Kier molecular flexibility index (Phi) is 3.47. The first kappa shape index (κ1) is 13.8. The molecule has 0 bridgehead atoms. The minimum atomic E-state index is -1.46. The molecule has 0 aliphatic carbocycles. The molecule has 2 aromatic heterocycles. The van der Waals surface area contributed by atoms with Crippen LogP contribution < -0.4 is 4.74 Å². The molecule has 5 nitrogen and oxygen atoms in total. The molecule has 6 heteroatoms. The molecule has 0 fully saturated rings. The van der Waals surface area contributed by atoms with Crippen LogP contribution in [0.3, 0.4) is 0 Å². The third-order valence-corrected chi connectivity index (χ3v) is 4.75. The number of nitrogens with zero attached hydrogens (tertiary/aromatic N) is 3.